The summed E-state index contributed by atoms with van der Waals surface area (Å²) in [5.41, 5.74) is 6.10. The molecule has 1 fully saturated rings. The molecule has 3 aromatic rings. The molecule has 154 valence electrons. The molecule has 1 aliphatic heterocycles. The van der Waals surface area contributed by atoms with Crippen LogP contribution in [0.5, 0.6) is 0 Å². The Morgan fingerprint density at radius 3 is 2.43 bits per heavy atom. The Balaban J connectivity index is 1.85. The van der Waals surface area contributed by atoms with E-state index in [0.29, 0.717) is 12.5 Å². The molecule has 1 aliphatic rings. The van der Waals surface area contributed by atoms with Gasteiger partial charge in [0.15, 0.2) is 0 Å². The van der Waals surface area contributed by atoms with Gasteiger partial charge in [-0.2, -0.15) is 0 Å². The predicted octanol–water partition coefficient (Wildman–Crippen LogP) is 4.46. The van der Waals surface area contributed by atoms with E-state index >= 15 is 0 Å². The van der Waals surface area contributed by atoms with Gasteiger partial charge in [-0.15, -0.1) is 0 Å². The fourth-order valence-corrected chi connectivity index (χ4v) is 4.57. The summed E-state index contributed by atoms with van der Waals surface area (Å²) in [5, 5.41) is 0. The van der Waals surface area contributed by atoms with Gasteiger partial charge in [0.2, 0.25) is 0 Å². The van der Waals surface area contributed by atoms with Crippen molar-refractivity contribution >= 4 is 12.0 Å². The zero-order valence-electron chi connectivity index (χ0n) is 17.8. The second-order valence-corrected chi connectivity index (χ2v) is 8.09. The molecule has 4 rings (SSSR count). The minimum atomic E-state index is -0.552. The zero-order valence-corrected chi connectivity index (χ0v) is 17.8. The molecule has 0 saturated carbocycles. The van der Waals surface area contributed by atoms with Crippen LogP contribution < -0.4 is 4.90 Å². The first-order valence-corrected chi connectivity index (χ1v) is 10.4. The topological polar surface area (TPSA) is 42.4 Å². The van der Waals surface area contributed by atoms with Crippen molar-refractivity contribution in [3.8, 4) is 0 Å². The summed E-state index contributed by atoms with van der Waals surface area (Å²) in [5.74, 6) is 0. The largest absolute Gasteiger partial charge is 0.378 e. The number of aromatic nitrogens is 1. The molecule has 1 saturated heterocycles. The number of nitrogens with zero attached hydrogens (tertiary/aromatic N) is 2. The van der Waals surface area contributed by atoms with E-state index in [9.17, 15) is 4.79 Å². The molecular formula is C26H28N2O2. The number of aldehydes is 1. The van der Waals surface area contributed by atoms with Gasteiger partial charge in [0.05, 0.1) is 11.5 Å². The zero-order chi connectivity index (χ0) is 21.1. The van der Waals surface area contributed by atoms with Crippen LogP contribution in [-0.4, -0.2) is 37.6 Å². The number of pyridine rings is 1. The van der Waals surface area contributed by atoms with Crippen LogP contribution in [0.2, 0.25) is 0 Å². The number of aryl methyl sites for hydroxylation is 2. The minimum Gasteiger partial charge on any atom is -0.378 e. The monoisotopic (exact) mass is 400 g/mol. The second-order valence-electron chi connectivity index (χ2n) is 8.09. The van der Waals surface area contributed by atoms with Gasteiger partial charge in [0.25, 0.3) is 0 Å². The standard InChI is InChI=1S/C26H28N2O2/c1-19-6-4-5-7-25(19)26(13-15-29,22-12-14-27-20(2)16-22)21-8-10-23(11-9-21)28-17-24(18-28)30-3/h4-12,14-16,24H,13,17-18H2,1-3H3/t26-/m1/s1. The Bertz CT molecular complexity index is 1030. The predicted molar refractivity (Wildman–Crippen MR) is 120 cm³/mol. The summed E-state index contributed by atoms with van der Waals surface area (Å²) >= 11 is 0. The molecule has 1 aromatic heterocycles. The van der Waals surface area contributed by atoms with E-state index in [-0.39, 0.29) is 0 Å². The van der Waals surface area contributed by atoms with Crippen LogP contribution >= 0.6 is 0 Å². The van der Waals surface area contributed by atoms with Gasteiger partial charge >= 0.3 is 0 Å². The molecule has 4 heteroatoms. The lowest BCUT2D eigenvalue weighted by atomic mass is 9.66. The van der Waals surface area contributed by atoms with E-state index in [2.05, 4.69) is 65.3 Å². The number of carbonyl (C=O) groups excluding carboxylic acids is 1. The molecule has 0 N–H and O–H groups in total. The van der Waals surface area contributed by atoms with E-state index in [1.165, 1.54) is 11.3 Å². The summed E-state index contributed by atoms with van der Waals surface area (Å²) in [4.78, 5) is 18.7. The summed E-state index contributed by atoms with van der Waals surface area (Å²) in [6, 6.07) is 21.1. The van der Waals surface area contributed by atoms with Crippen molar-refractivity contribution < 1.29 is 9.53 Å². The molecule has 0 aliphatic carbocycles. The Labute approximate surface area is 178 Å². The van der Waals surface area contributed by atoms with Gasteiger partial charge in [-0.3, -0.25) is 4.98 Å². The number of methoxy groups -OCH3 is 1. The average molecular weight is 401 g/mol. The third-order valence-electron chi connectivity index (χ3n) is 6.29. The summed E-state index contributed by atoms with van der Waals surface area (Å²) in [6.45, 7) is 5.93. The molecule has 0 bridgehead atoms. The highest BCUT2D eigenvalue weighted by atomic mass is 16.5. The molecule has 4 nitrogen and oxygen atoms in total. The van der Waals surface area contributed by atoms with E-state index in [0.717, 1.165) is 41.8 Å². The van der Waals surface area contributed by atoms with E-state index in [1.807, 2.05) is 25.3 Å². The molecular weight excluding hydrogens is 372 g/mol. The van der Waals surface area contributed by atoms with E-state index in [4.69, 9.17) is 4.74 Å². The van der Waals surface area contributed by atoms with Crippen molar-refractivity contribution in [2.75, 3.05) is 25.1 Å². The molecule has 1 atom stereocenters. The van der Waals surface area contributed by atoms with Gasteiger partial charge in [-0.1, -0.05) is 36.4 Å². The van der Waals surface area contributed by atoms with Gasteiger partial charge in [0.1, 0.15) is 6.29 Å². The quantitative estimate of drug-likeness (QED) is 0.549. The first-order chi connectivity index (χ1) is 14.6. The van der Waals surface area contributed by atoms with Crippen LogP contribution in [-0.2, 0) is 14.9 Å². The van der Waals surface area contributed by atoms with Gasteiger partial charge in [-0.05, 0) is 60.4 Å². The number of benzene rings is 2. The first kappa shape index (κ1) is 20.3. The third-order valence-corrected chi connectivity index (χ3v) is 6.29. The molecule has 0 spiro atoms. The number of carbonyl (C=O) groups is 1. The molecule has 0 amide bonds. The summed E-state index contributed by atoms with van der Waals surface area (Å²) < 4.78 is 5.40. The Hall–Kier alpha value is -2.98. The van der Waals surface area contributed by atoms with Crippen LogP contribution in [0, 0.1) is 13.8 Å². The lowest BCUT2D eigenvalue weighted by molar-refractivity contribution is -0.108. The number of rotatable bonds is 7. The molecule has 2 aromatic carbocycles. The highest BCUT2D eigenvalue weighted by molar-refractivity contribution is 5.64. The smallest absolute Gasteiger partial charge is 0.121 e. The van der Waals surface area contributed by atoms with E-state index in [1.54, 1.807) is 7.11 Å². The van der Waals surface area contributed by atoms with Gasteiger partial charge in [-0.25, -0.2) is 0 Å². The van der Waals surface area contributed by atoms with Gasteiger partial charge in [0, 0.05) is 44.2 Å². The first-order valence-electron chi connectivity index (χ1n) is 10.4. The number of hydrogen-bond acceptors (Lipinski definition) is 4. The lowest BCUT2D eigenvalue weighted by Gasteiger charge is -2.40. The van der Waals surface area contributed by atoms with Crippen molar-refractivity contribution in [3.63, 3.8) is 0 Å². The van der Waals surface area contributed by atoms with E-state index < -0.39 is 5.41 Å². The van der Waals surface area contributed by atoms with Crippen molar-refractivity contribution in [2.24, 2.45) is 0 Å². The molecule has 2 heterocycles. The number of ether oxygens (including phenoxy) is 1. The van der Waals surface area contributed by atoms with Gasteiger partial charge < -0.3 is 14.4 Å². The minimum absolute atomic E-state index is 0.311. The molecule has 0 radical (unpaired) electrons. The van der Waals surface area contributed by atoms with Crippen LogP contribution in [0.1, 0.15) is 34.4 Å². The Morgan fingerprint density at radius 2 is 1.80 bits per heavy atom. The van der Waals surface area contributed by atoms with Crippen molar-refractivity contribution in [3.05, 3.63) is 94.8 Å². The highest BCUT2D eigenvalue weighted by Crippen LogP contribution is 2.43. The maximum absolute atomic E-state index is 12.0. The van der Waals surface area contributed by atoms with Crippen LogP contribution in [0.4, 0.5) is 5.69 Å². The van der Waals surface area contributed by atoms with Crippen molar-refractivity contribution in [1.82, 2.24) is 4.98 Å². The maximum Gasteiger partial charge on any atom is 0.121 e. The maximum atomic E-state index is 12.0. The Kier molecular flexibility index (Phi) is 5.69. The summed E-state index contributed by atoms with van der Waals surface area (Å²) in [7, 11) is 1.76. The van der Waals surface area contributed by atoms with Crippen molar-refractivity contribution in [1.29, 1.82) is 0 Å². The van der Waals surface area contributed by atoms with Crippen LogP contribution in [0.15, 0.2) is 66.9 Å². The SMILES string of the molecule is COC1CN(c2ccc([C@](CC=O)(c3ccnc(C)c3)c3ccccc3C)cc2)C1. The van der Waals surface area contributed by atoms with Crippen LogP contribution in [0.3, 0.4) is 0 Å². The Morgan fingerprint density at radius 1 is 1.07 bits per heavy atom. The van der Waals surface area contributed by atoms with Crippen LogP contribution in [0.25, 0.3) is 0 Å². The van der Waals surface area contributed by atoms with Crippen molar-refractivity contribution in [2.45, 2.75) is 31.8 Å². The second kappa shape index (κ2) is 8.41. The summed E-state index contributed by atoms with van der Waals surface area (Å²) in [6.07, 6.45) is 3.55. The fraction of sp³-hybridized carbons (Fsp3) is 0.308. The fourth-order valence-electron chi connectivity index (χ4n) is 4.57. The number of hydrogen-bond donors (Lipinski definition) is 0. The third kappa shape index (κ3) is 3.52. The highest BCUT2D eigenvalue weighted by Gasteiger charge is 2.37. The molecule has 0 unspecified atom stereocenters. The average Bonchev–Trinajstić information content (AvgIpc) is 2.72. The number of anilines is 1. The lowest BCUT2D eigenvalue weighted by Crippen LogP contribution is -2.51. The normalized spacial score (nSPS) is 16.0. The molecule has 30 heavy (non-hydrogen) atoms.